The minimum Gasteiger partial charge on any atom is -0.459 e. The van der Waals surface area contributed by atoms with Crippen molar-refractivity contribution in [3.63, 3.8) is 0 Å². The molecule has 0 aromatic carbocycles. The number of hydrogen-bond donors (Lipinski definition) is 0. The van der Waals surface area contributed by atoms with Gasteiger partial charge in [-0.2, -0.15) is 0 Å². The molecule has 0 saturated carbocycles. The molecule has 15 heavy (non-hydrogen) atoms. The maximum atomic E-state index is 11.7. The molecule has 0 N–H and O–H groups in total. The highest BCUT2D eigenvalue weighted by atomic mass is 16.6. The van der Waals surface area contributed by atoms with Gasteiger partial charge in [-0.25, -0.2) is 9.59 Å². The summed E-state index contributed by atoms with van der Waals surface area (Å²) in [6.07, 6.45) is 0.0552. The summed E-state index contributed by atoms with van der Waals surface area (Å²) in [4.78, 5) is 24.4. The molecule has 2 bridgehead atoms. The average molecular weight is 213 g/mol. The number of likely N-dealkylation sites (tertiary alicyclic amines) is 1. The molecule has 0 radical (unpaired) electrons. The summed E-state index contributed by atoms with van der Waals surface area (Å²) in [7, 11) is 0. The Balaban J connectivity index is 2.01. The van der Waals surface area contributed by atoms with Crippen LogP contribution < -0.4 is 0 Å². The van der Waals surface area contributed by atoms with Crippen LogP contribution in [-0.4, -0.2) is 41.3 Å². The highest BCUT2D eigenvalue weighted by molar-refractivity contribution is 5.84. The van der Waals surface area contributed by atoms with Gasteiger partial charge in [-0.15, -0.1) is 0 Å². The van der Waals surface area contributed by atoms with Gasteiger partial charge in [0.15, 0.2) is 0 Å². The summed E-state index contributed by atoms with van der Waals surface area (Å²) >= 11 is 0. The van der Waals surface area contributed by atoms with Crippen molar-refractivity contribution in [1.82, 2.24) is 4.90 Å². The second kappa shape index (κ2) is 3.12. The van der Waals surface area contributed by atoms with Crippen LogP contribution in [0.5, 0.6) is 0 Å². The SMILES string of the molecule is CC(C)(C)OC(=O)N1C[C@H]2C[C@H]1C(=O)O2. The Morgan fingerprint density at radius 2 is 2.20 bits per heavy atom. The van der Waals surface area contributed by atoms with E-state index >= 15 is 0 Å². The normalized spacial score (nSPS) is 29.3. The molecule has 5 nitrogen and oxygen atoms in total. The molecule has 2 aliphatic heterocycles. The van der Waals surface area contributed by atoms with Crippen molar-refractivity contribution >= 4 is 12.1 Å². The van der Waals surface area contributed by atoms with E-state index in [0.717, 1.165) is 0 Å². The van der Waals surface area contributed by atoms with Crippen molar-refractivity contribution in [1.29, 1.82) is 0 Å². The number of fused-ring (bicyclic) bond motifs is 2. The molecule has 0 unspecified atom stereocenters. The third-order valence-electron chi connectivity index (χ3n) is 2.45. The number of morpholine rings is 1. The van der Waals surface area contributed by atoms with Crippen LogP contribution in [0.1, 0.15) is 27.2 Å². The molecule has 0 aromatic heterocycles. The van der Waals surface area contributed by atoms with Crippen LogP contribution in [0.4, 0.5) is 4.79 Å². The Bertz CT molecular complexity index is 307. The fourth-order valence-electron chi connectivity index (χ4n) is 1.87. The number of carbonyl (C=O) groups is 2. The van der Waals surface area contributed by atoms with Crippen molar-refractivity contribution < 1.29 is 19.1 Å². The number of amides is 1. The van der Waals surface area contributed by atoms with Gasteiger partial charge in [0.1, 0.15) is 17.7 Å². The van der Waals surface area contributed by atoms with Gasteiger partial charge in [0, 0.05) is 6.42 Å². The molecule has 5 heteroatoms. The zero-order chi connectivity index (χ0) is 11.2. The Morgan fingerprint density at radius 3 is 2.67 bits per heavy atom. The van der Waals surface area contributed by atoms with E-state index in [1.807, 2.05) is 0 Å². The molecule has 1 amide bonds. The highest BCUT2D eigenvalue weighted by Gasteiger charge is 2.49. The molecule has 2 aliphatic rings. The first-order valence-corrected chi connectivity index (χ1v) is 5.07. The lowest BCUT2D eigenvalue weighted by atomic mass is 10.2. The number of esters is 1. The Kier molecular flexibility index (Phi) is 2.13. The van der Waals surface area contributed by atoms with Crippen molar-refractivity contribution in [2.24, 2.45) is 0 Å². The van der Waals surface area contributed by atoms with Gasteiger partial charge in [-0.05, 0) is 20.8 Å². The topological polar surface area (TPSA) is 55.8 Å². The van der Waals surface area contributed by atoms with Gasteiger partial charge in [0.25, 0.3) is 0 Å². The van der Waals surface area contributed by atoms with Crippen LogP contribution in [0.15, 0.2) is 0 Å². The number of ether oxygens (including phenoxy) is 2. The molecule has 2 atom stereocenters. The minimum absolute atomic E-state index is 0.130. The third-order valence-corrected chi connectivity index (χ3v) is 2.45. The zero-order valence-electron chi connectivity index (χ0n) is 9.15. The lowest BCUT2D eigenvalue weighted by Crippen LogP contribution is -2.46. The number of hydrogen-bond acceptors (Lipinski definition) is 4. The van der Waals surface area contributed by atoms with Gasteiger partial charge in [-0.3, -0.25) is 4.90 Å². The summed E-state index contributed by atoms with van der Waals surface area (Å²) in [5.41, 5.74) is -0.525. The fraction of sp³-hybridized carbons (Fsp3) is 0.800. The van der Waals surface area contributed by atoms with E-state index in [9.17, 15) is 9.59 Å². The summed E-state index contributed by atoms with van der Waals surface area (Å²) in [5, 5.41) is 0. The van der Waals surface area contributed by atoms with E-state index in [-0.39, 0.29) is 12.1 Å². The molecule has 2 heterocycles. The standard InChI is InChI=1S/C10H15NO4/c1-10(2,3)15-9(13)11-5-6-4-7(11)8(12)14-6/h6-7H,4-5H2,1-3H3/t6-,7+/m1/s1. The van der Waals surface area contributed by atoms with Crippen molar-refractivity contribution in [2.45, 2.75) is 44.9 Å². The van der Waals surface area contributed by atoms with E-state index in [1.165, 1.54) is 4.90 Å². The average Bonchev–Trinajstić information content (AvgIpc) is 2.58. The second-order valence-corrected chi connectivity index (χ2v) is 4.94. The summed E-state index contributed by atoms with van der Waals surface area (Å²) < 4.78 is 10.2. The molecule has 2 saturated heterocycles. The van der Waals surface area contributed by atoms with Gasteiger partial charge in [0.05, 0.1) is 6.54 Å². The van der Waals surface area contributed by atoms with Crippen LogP contribution in [0, 0.1) is 0 Å². The molecule has 2 fully saturated rings. The van der Waals surface area contributed by atoms with E-state index in [1.54, 1.807) is 20.8 Å². The second-order valence-electron chi connectivity index (χ2n) is 4.94. The smallest absolute Gasteiger partial charge is 0.411 e. The monoisotopic (exact) mass is 213 g/mol. The van der Waals surface area contributed by atoms with Crippen LogP contribution in [0.2, 0.25) is 0 Å². The summed E-state index contributed by atoms with van der Waals surface area (Å²) in [5.74, 6) is -0.308. The molecular formula is C10H15NO4. The molecular weight excluding hydrogens is 198 g/mol. The van der Waals surface area contributed by atoms with Crippen molar-refractivity contribution in [2.75, 3.05) is 6.54 Å². The quantitative estimate of drug-likeness (QED) is 0.561. The largest absolute Gasteiger partial charge is 0.459 e. The highest BCUT2D eigenvalue weighted by Crippen LogP contribution is 2.30. The third kappa shape index (κ3) is 1.91. The van der Waals surface area contributed by atoms with Crippen LogP contribution in [0.25, 0.3) is 0 Å². The molecule has 84 valence electrons. The van der Waals surface area contributed by atoms with Gasteiger partial charge in [-0.1, -0.05) is 0 Å². The maximum absolute atomic E-state index is 11.7. The number of nitrogens with zero attached hydrogens (tertiary/aromatic N) is 1. The molecule has 0 spiro atoms. The van der Waals surface area contributed by atoms with Crippen LogP contribution in [-0.2, 0) is 14.3 Å². The number of rotatable bonds is 0. The Hall–Kier alpha value is -1.26. The van der Waals surface area contributed by atoms with Crippen LogP contribution >= 0.6 is 0 Å². The Labute approximate surface area is 88.3 Å². The van der Waals surface area contributed by atoms with Gasteiger partial charge >= 0.3 is 12.1 Å². The molecule has 0 aliphatic carbocycles. The van der Waals surface area contributed by atoms with Crippen molar-refractivity contribution in [3.8, 4) is 0 Å². The maximum Gasteiger partial charge on any atom is 0.411 e. The zero-order valence-corrected chi connectivity index (χ0v) is 9.15. The van der Waals surface area contributed by atoms with E-state index in [4.69, 9.17) is 9.47 Å². The van der Waals surface area contributed by atoms with Gasteiger partial charge in [0.2, 0.25) is 0 Å². The first-order chi connectivity index (χ1) is 6.87. The predicted octanol–water partition coefficient (Wildman–Crippen LogP) is 0.921. The predicted molar refractivity (Wildman–Crippen MR) is 51.2 cm³/mol. The first kappa shape index (κ1) is 10.3. The Morgan fingerprint density at radius 1 is 1.53 bits per heavy atom. The molecule has 2 rings (SSSR count). The lowest BCUT2D eigenvalue weighted by molar-refractivity contribution is -0.150. The van der Waals surface area contributed by atoms with Crippen molar-refractivity contribution in [3.05, 3.63) is 0 Å². The minimum atomic E-state index is -0.525. The molecule has 0 aromatic rings. The number of carbonyl (C=O) groups excluding carboxylic acids is 2. The fourth-order valence-corrected chi connectivity index (χ4v) is 1.87. The summed E-state index contributed by atoms with van der Waals surface area (Å²) in [6.45, 7) is 5.87. The first-order valence-electron chi connectivity index (χ1n) is 5.07. The van der Waals surface area contributed by atoms with E-state index in [2.05, 4.69) is 0 Å². The van der Waals surface area contributed by atoms with E-state index < -0.39 is 17.7 Å². The van der Waals surface area contributed by atoms with E-state index in [0.29, 0.717) is 13.0 Å². The van der Waals surface area contributed by atoms with Crippen LogP contribution in [0.3, 0.4) is 0 Å². The van der Waals surface area contributed by atoms with Gasteiger partial charge < -0.3 is 9.47 Å². The summed E-state index contributed by atoms with van der Waals surface area (Å²) in [6, 6.07) is -0.426. The lowest BCUT2D eigenvalue weighted by Gasteiger charge is -2.29.